The first kappa shape index (κ1) is 21.2. The van der Waals surface area contributed by atoms with Gasteiger partial charge in [-0.3, -0.25) is 4.79 Å². The number of ether oxygens (including phenoxy) is 3. The number of aromatic nitrogens is 2. The SMILES string of the molecule is COc1cc(Cc2nnc(C(=O)NC[C@H](C)c3ccccc3)o2)cc(OC)c1OC. The third-order valence-corrected chi connectivity index (χ3v) is 4.68. The number of methoxy groups -OCH3 is 3. The Kier molecular flexibility index (Phi) is 6.90. The molecule has 0 saturated heterocycles. The van der Waals surface area contributed by atoms with Crippen LogP contribution >= 0.6 is 0 Å². The van der Waals surface area contributed by atoms with Crippen LogP contribution in [-0.2, 0) is 6.42 Å². The molecule has 0 saturated carbocycles. The van der Waals surface area contributed by atoms with E-state index in [2.05, 4.69) is 15.5 Å². The lowest BCUT2D eigenvalue weighted by molar-refractivity contribution is 0.0915. The van der Waals surface area contributed by atoms with Gasteiger partial charge in [0.25, 0.3) is 0 Å². The summed E-state index contributed by atoms with van der Waals surface area (Å²) in [6.45, 7) is 2.51. The fourth-order valence-electron chi connectivity index (χ4n) is 3.05. The van der Waals surface area contributed by atoms with E-state index in [-0.39, 0.29) is 11.8 Å². The fourth-order valence-corrected chi connectivity index (χ4v) is 3.05. The van der Waals surface area contributed by atoms with Crippen LogP contribution in [-0.4, -0.2) is 44.0 Å². The standard InChI is InChI=1S/C22H25N3O5/c1-14(16-8-6-5-7-9-16)13-23-21(26)22-25-24-19(30-22)12-15-10-17(27-2)20(29-4)18(11-15)28-3/h5-11,14H,12-13H2,1-4H3,(H,23,26)/t14-/m0/s1. The molecule has 8 nitrogen and oxygen atoms in total. The predicted octanol–water partition coefficient (Wildman–Crippen LogP) is 3.22. The van der Waals surface area contributed by atoms with Gasteiger partial charge in [-0.05, 0) is 29.2 Å². The van der Waals surface area contributed by atoms with Crippen molar-refractivity contribution in [1.29, 1.82) is 0 Å². The second-order valence-electron chi connectivity index (χ2n) is 6.73. The number of rotatable bonds is 9. The summed E-state index contributed by atoms with van der Waals surface area (Å²) in [5.41, 5.74) is 1.96. The van der Waals surface area contributed by atoms with Gasteiger partial charge in [0.1, 0.15) is 0 Å². The zero-order valence-corrected chi connectivity index (χ0v) is 17.5. The topological polar surface area (TPSA) is 95.7 Å². The second kappa shape index (κ2) is 9.78. The van der Waals surface area contributed by atoms with E-state index in [1.807, 2.05) is 37.3 Å². The molecule has 0 bridgehead atoms. The van der Waals surface area contributed by atoms with Gasteiger partial charge in [-0.1, -0.05) is 37.3 Å². The lowest BCUT2D eigenvalue weighted by Crippen LogP contribution is -2.27. The summed E-state index contributed by atoms with van der Waals surface area (Å²) in [6, 6.07) is 13.6. The van der Waals surface area contributed by atoms with Gasteiger partial charge in [-0.2, -0.15) is 0 Å². The van der Waals surface area contributed by atoms with E-state index in [0.717, 1.165) is 11.1 Å². The summed E-state index contributed by atoms with van der Waals surface area (Å²) >= 11 is 0. The molecule has 0 fully saturated rings. The first-order valence-corrected chi connectivity index (χ1v) is 9.50. The predicted molar refractivity (Wildman–Crippen MR) is 110 cm³/mol. The van der Waals surface area contributed by atoms with E-state index in [9.17, 15) is 4.79 Å². The van der Waals surface area contributed by atoms with Gasteiger partial charge in [0.15, 0.2) is 11.5 Å². The molecule has 0 aliphatic carbocycles. The first-order valence-electron chi connectivity index (χ1n) is 9.50. The lowest BCUT2D eigenvalue weighted by atomic mass is 10.0. The number of amides is 1. The summed E-state index contributed by atoms with van der Waals surface area (Å²) in [5, 5.41) is 10.7. The molecule has 3 aromatic rings. The first-order chi connectivity index (χ1) is 14.5. The molecule has 1 aromatic heterocycles. The van der Waals surface area contributed by atoms with Crippen LogP contribution in [0.15, 0.2) is 46.9 Å². The summed E-state index contributed by atoms with van der Waals surface area (Å²) in [4.78, 5) is 12.4. The Hall–Kier alpha value is -3.55. The molecule has 0 unspecified atom stereocenters. The van der Waals surface area contributed by atoms with Crippen LogP contribution in [0.2, 0.25) is 0 Å². The number of nitrogens with one attached hydrogen (secondary N) is 1. The molecule has 2 aromatic carbocycles. The van der Waals surface area contributed by atoms with Crippen LogP contribution < -0.4 is 19.5 Å². The molecule has 1 N–H and O–H groups in total. The van der Waals surface area contributed by atoms with Crippen LogP contribution in [0, 0.1) is 0 Å². The quantitative estimate of drug-likeness (QED) is 0.577. The summed E-state index contributed by atoms with van der Waals surface area (Å²) in [5.74, 6) is 1.56. The molecule has 1 atom stereocenters. The average molecular weight is 411 g/mol. The molecule has 30 heavy (non-hydrogen) atoms. The Morgan fingerprint density at radius 1 is 1.03 bits per heavy atom. The molecule has 8 heteroatoms. The molecule has 0 aliphatic heterocycles. The molecule has 3 rings (SSSR count). The van der Waals surface area contributed by atoms with E-state index >= 15 is 0 Å². The monoisotopic (exact) mass is 411 g/mol. The summed E-state index contributed by atoms with van der Waals surface area (Å²) < 4.78 is 21.6. The molecule has 1 heterocycles. The fraction of sp³-hybridized carbons (Fsp3) is 0.318. The van der Waals surface area contributed by atoms with Gasteiger partial charge in [-0.15, -0.1) is 10.2 Å². The molecule has 158 valence electrons. The number of carbonyl (C=O) groups is 1. The average Bonchev–Trinajstić information content (AvgIpc) is 3.25. The minimum Gasteiger partial charge on any atom is -0.493 e. The molecule has 0 spiro atoms. The Balaban J connectivity index is 1.65. The van der Waals surface area contributed by atoms with Crippen molar-refractivity contribution in [2.24, 2.45) is 0 Å². The second-order valence-corrected chi connectivity index (χ2v) is 6.73. The number of nitrogens with zero attached hydrogens (tertiary/aromatic N) is 2. The normalized spacial score (nSPS) is 11.6. The Labute approximate surface area is 175 Å². The van der Waals surface area contributed by atoms with Crippen LogP contribution in [0.5, 0.6) is 17.2 Å². The van der Waals surface area contributed by atoms with Crippen molar-refractivity contribution < 1.29 is 23.4 Å². The molecule has 0 radical (unpaired) electrons. The minimum absolute atomic E-state index is 0.0716. The number of hydrogen-bond donors (Lipinski definition) is 1. The maximum Gasteiger partial charge on any atom is 0.308 e. The van der Waals surface area contributed by atoms with Crippen molar-refractivity contribution in [3.63, 3.8) is 0 Å². The highest BCUT2D eigenvalue weighted by Gasteiger charge is 2.18. The van der Waals surface area contributed by atoms with Crippen molar-refractivity contribution in [2.75, 3.05) is 27.9 Å². The maximum atomic E-state index is 12.4. The van der Waals surface area contributed by atoms with Crippen LogP contribution in [0.25, 0.3) is 0 Å². The van der Waals surface area contributed by atoms with Gasteiger partial charge in [-0.25, -0.2) is 0 Å². The minimum atomic E-state index is -0.401. The zero-order chi connectivity index (χ0) is 21.5. The van der Waals surface area contributed by atoms with Crippen LogP contribution in [0.3, 0.4) is 0 Å². The Morgan fingerprint density at radius 3 is 2.30 bits per heavy atom. The van der Waals surface area contributed by atoms with Crippen molar-refractivity contribution in [1.82, 2.24) is 15.5 Å². The number of hydrogen-bond acceptors (Lipinski definition) is 7. The van der Waals surface area contributed by atoms with E-state index in [1.165, 1.54) is 0 Å². The van der Waals surface area contributed by atoms with Crippen molar-refractivity contribution >= 4 is 5.91 Å². The van der Waals surface area contributed by atoms with E-state index < -0.39 is 5.91 Å². The molecular formula is C22H25N3O5. The Morgan fingerprint density at radius 2 is 1.70 bits per heavy atom. The van der Waals surface area contributed by atoms with Gasteiger partial charge < -0.3 is 23.9 Å². The molecule has 0 aliphatic rings. The summed E-state index contributed by atoms with van der Waals surface area (Å²) in [7, 11) is 4.64. The highest BCUT2D eigenvalue weighted by atomic mass is 16.5. The largest absolute Gasteiger partial charge is 0.493 e. The van der Waals surface area contributed by atoms with Gasteiger partial charge in [0.05, 0.1) is 27.8 Å². The number of benzene rings is 2. The van der Waals surface area contributed by atoms with Gasteiger partial charge in [0, 0.05) is 6.54 Å². The Bertz CT molecular complexity index is 962. The van der Waals surface area contributed by atoms with Crippen molar-refractivity contribution in [3.05, 3.63) is 65.4 Å². The van der Waals surface area contributed by atoms with Crippen molar-refractivity contribution in [3.8, 4) is 17.2 Å². The summed E-state index contributed by atoms with van der Waals surface area (Å²) in [6.07, 6.45) is 0.317. The molecule has 1 amide bonds. The molecular weight excluding hydrogens is 386 g/mol. The zero-order valence-electron chi connectivity index (χ0n) is 17.5. The van der Waals surface area contributed by atoms with E-state index in [0.29, 0.717) is 36.1 Å². The highest BCUT2D eigenvalue weighted by molar-refractivity contribution is 5.89. The highest BCUT2D eigenvalue weighted by Crippen LogP contribution is 2.38. The van der Waals surface area contributed by atoms with E-state index in [4.69, 9.17) is 18.6 Å². The maximum absolute atomic E-state index is 12.4. The van der Waals surface area contributed by atoms with Gasteiger partial charge in [0.2, 0.25) is 11.6 Å². The van der Waals surface area contributed by atoms with Crippen molar-refractivity contribution in [2.45, 2.75) is 19.3 Å². The smallest absolute Gasteiger partial charge is 0.308 e. The third-order valence-electron chi connectivity index (χ3n) is 4.68. The lowest BCUT2D eigenvalue weighted by Gasteiger charge is -2.13. The third kappa shape index (κ3) is 4.89. The van der Waals surface area contributed by atoms with Gasteiger partial charge >= 0.3 is 11.8 Å². The van der Waals surface area contributed by atoms with Crippen LogP contribution in [0.1, 0.15) is 40.5 Å². The number of carbonyl (C=O) groups excluding carboxylic acids is 1. The van der Waals surface area contributed by atoms with Crippen LogP contribution in [0.4, 0.5) is 0 Å². The van der Waals surface area contributed by atoms with E-state index in [1.54, 1.807) is 33.5 Å².